The van der Waals surface area contributed by atoms with Gasteiger partial charge in [0.1, 0.15) is 0 Å². The van der Waals surface area contributed by atoms with Crippen molar-refractivity contribution in [3.05, 3.63) is 11.8 Å². The molecule has 11 heavy (non-hydrogen) atoms. The fourth-order valence-corrected chi connectivity index (χ4v) is 1.00. The number of rotatable bonds is 6. The number of unbranched alkanes of at least 4 members (excludes halogenated alkanes) is 4. The third-order valence-corrected chi connectivity index (χ3v) is 1.87. The van der Waals surface area contributed by atoms with E-state index in [1.165, 1.54) is 32.1 Å². The van der Waals surface area contributed by atoms with Crippen molar-refractivity contribution in [3.8, 4) is 0 Å². The Kier molecular flexibility index (Phi) is 7.33. The van der Waals surface area contributed by atoms with E-state index in [0.29, 0.717) is 0 Å². The predicted molar refractivity (Wildman–Crippen MR) is 51.3 cm³/mol. The zero-order valence-electron chi connectivity index (χ0n) is 7.90. The smallest absolute Gasteiger partial charge is 0.00371 e. The van der Waals surface area contributed by atoms with E-state index >= 15 is 0 Å². The van der Waals surface area contributed by atoms with Crippen LogP contribution in [0, 0.1) is 0 Å². The first kappa shape index (κ1) is 10.5. The molecule has 1 nitrogen and oxygen atoms in total. The Morgan fingerprint density at radius 1 is 1.18 bits per heavy atom. The van der Waals surface area contributed by atoms with Crippen molar-refractivity contribution in [1.82, 2.24) is 0 Å². The summed E-state index contributed by atoms with van der Waals surface area (Å²) >= 11 is 0. The number of nitrogens with two attached hydrogens (primary N) is 1. The molecule has 0 saturated carbocycles. The largest absolute Gasteiger partial charge is 0.402 e. The van der Waals surface area contributed by atoms with Gasteiger partial charge in [0.15, 0.2) is 0 Å². The highest BCUT2D eigenvalue weighted by Crippen LogP contribution is 2.04. The van der Waals surface area contributed by atoms with E-state index in [4.69, 9.17) is 5.73 Å². The predicted octanol–water partition coefficient (Wildman–Crippen LogP) is 3.21. The SMILES string of the molecule is CCCCCCC=C(N)CC. The van der Waals surface area contributed by atoms with Gasteiger partial charge in [-0.15, -0.1) is 0 Å². The van der Waals surface area contributed by atoms with Crippen LogP contribution in [-0.4, -0.2) is 0 Å². The van der Waals surface area contributed by atoms with Crippen molar-refractivity contribution in [2.24, 2.45) is 5.73 Å². The standard InChI is InChI=1S/C10H21N/c1-3-5-6-7-8-9-10(11)4-2/h9H,3-8,11H2,1-2H3. The van der Waals surface area contributed by atoms with E-state index in [1.54, 1.807) is 0 Å². The van der Waals surface area contributed by atoms with Gasteiger partial charge >= 0.3 is 0 Å². The molecule has 0 fully saturated rings. The van der Waals surface area contributed by atoms with Crippen LogP contribution in [0.4, 0.5) is 0 Å². The lowest BCUT2D eigenvalue weighted by molar-refractivity contribution is 0.672. The second kappa shape index (κ2) is 7.64. The van der Waals surface area contributed by atoms with Crippen LogP contribution < -0.4 is 5.73 Å². The van der Waals surface area contributed by atoms with Gasteiger partial charge in [0.05, 0.1) is 0 Å². The van der Waals surface area contributed by atoms with E-state index in [-0.39, 0.29) is 0 Å². The van der Waals surface area contributed by atoms with Crippen LogP contribution in [0.25, 0.3) is 0 Å². The van der Waals surface area contributed by atoms with E-state index in [0.717, 1.165) is 12.1 Å². The van der Waals surface area contributed by atoms with Gasteiger partial charge in [0.25, 0.3) is 0 Å². The molecular formula is C10H21N. The van der Waals surface area contributed by atoms with E-state index in [2.05, 4.69) is 19.9 Å². The minimum Gasteiger partial charge on any atom is -0.402 e. The van der Waals surface area contributed by atoms with Crippen molar-refractivity contribution in [2.45, 2.75) is 52.4 Å². The monoisotopic (exact) mass is 155 g/mol. The lowest BCUT2D eigenvalue weighted by atomic mass is 10.1. The van der Waals surface area contributed by atoms with Crippen molar-refractivity contribution in [1.29, 1.82) is 0 Å². The maximum Gasteiger partial charge on any atom is 0.00371 e. The van der Waals surface area contributed by atoms with Crippen LogP contribution >= 0.6 is 0 Å². The molecule has 1 heteroatoms. The van der Waals surface area contributed by atoms with Crippen LogP contribution in [0.2, 0.25) is 0 Å². The Hall–Kier alpha value is -0.460. The first-order chi connectivity index (χ1) is 5.31. The minimum atomic E-state index is 0.994. The fourth-order valence-electron chi connectivity index (χ4n) is 1.00. The second-order valence-electron chi connectivity index (χ2n) is 2.98. The number of hydrogen-bond acceptors (Lipinski definition) is 1. The molecule has 0 aromatic rings. The summed E-state index contributed by atoms with van der Waals surface area (Å²) < 4.78 is 0. The van der Waals surface area contributed by atoms with Gasteiger partial charge < -0.3 is 5.73 Å². The molecule has 0 atom stereocenters. The normalized spacial score (nSPS) is 12.0. The Balaban J connectivity index is 3.12. The molecule has 0 radical (unpaired) electrons. The second-order valence-corrected chi connectivity index (χ2v) is 2.98. The molecule has 0 aliphatic carbocycles. The summed E-state index contributed by atoms with van der Waals surface area (Å²) in [6.45, 7) is 4.33. The Morgan fingerprint density at radius 2 is 1.91 bits per heavy atom. The van der Waals surface area contributed by atoms with Crippen LogP contribution in [-0.2, 0) is 0 Å². The summed E-state index contributed by atoms with van der Waals surface area (Å²) in [7, 11) is 0. The van der Waals surface area contributed by atoms with Gasteiger partial charge in [-0.05, 0) is 19.3 Å². The highest BCUT2D eigenvalue weighted by molar-refractivity contribution is 4.94. The molecule has 0 aliphatic rings. The van der Waals surface area contributed by atoms with Gasteiger partial charge in [0, 0.05) is 5.70 Å². The van der Waals surface area contributed by atoms with Crippen molar-refractivity contribution >= 4 is 0 Å². The summed E-state index contributed by atoms with van der Waals surface area (Å²) in [6.07, 6.45) is 9.65. The molecule has 0 rings (SSSR count). The fraction of sp³-hybridized carbons (Fsp3) is 0.800. The molecule has 0 unspecified atom stereocenters. The Morgan fingerprint density at radius 3 is 2.45 bits per heavy atom. The van der Waals surface area contributed by atoms with Gasteiger partial charge in [0.2, 0.25) is 0 Å². The highest BCUT2D eigenvalue weighted by Gasteiger charge is 1.86. The van der Waals surface area contributed by atoms with Gasteiger partial charge in [-0.1, -0.05) is 39.2 Å². The number of hydrogen-bond donors (Lipinski definition) is 1. The van der Waals surface area contributed by atoms with Crippen molar-refractivity contribution in [2.75, 3.05) is 0 Å². The van der Waals surface area contributed by atoms with Gasteiger partial charge in [-0.2, -0.15) is 0 Å². The van der Waals surface area contributed by atoms with Gasteiger partial charge in [-0.3, -0.25) is 0 Å². The molecular weight excluding hydrogens is 134 g/mol. The first-order valence-electron chi connectivity index (χ1n) is 4.75. The molecule has 0 spiro atoms. The zero-order chi connectivity index (χ0) is 8.53. The van der Waals surface area contributed by atoms with E-state index in [1.807, 2.05) is 0 Å². The molecule has 0 saturated heterocycles. The van der Waals surface area contributed by atoms with E-state index < -0.39 is 0 Å². The summed E-state index contributed by atoms with van der Waals surface area (Å²) in [5.41, 5.74) is 6.69. The Labute approximate surface area is 70.7 Å². The average Bonchev–Trinajstić information content (AvgIpc) is 2.04. The minimum absolute atomic E-state index is 0.994. The molecule has 0 aliphatic heterocycles. The van der Waals surface area contributed by atoms with Crippen LogP contribution in [0.3, 0.4) is 0 Å². The molecule has 0 aromatic carbocycles. The van der Waals surface area contributed by atoms with Crippen molar-refractivity contribution in [3.63, 3.8) is 0 Å². The van der Waals surface area contributed by atoms with Crippen LogP contribution in [0.5, 0.6) is 0 Å². The summed E-state index contributed by atoms with van der Waals surface area (Å²) in [6, 6.07) is 0. The molecule has 0 amide bonds. The quantitative estimate of drug-likeness (QED) is 0.586. The average molecular weight is 155 g/mol. The van der Waals surface area contributed by atoms with Crippen LogP contribution in [0.1, 0.15) is 52.4 Å². The number of allylic oxidation sites excluding steroid dienone is 2. The van der Waals surface area contributed by atoms with E-state index in [9.17, 15) is 0 Å². The maximum absolute atomic E-state index is 5.65. The highest BCUT2D eigenvalue weighted by atomic mass is 14.6. The van der Waals surface area contributed by atoms with Crippen molar-refractivity contribution < 1.29 is 0 Å². The third-order valence-electron chi connectivity index (χ3n) is 1.87. The van der Waals surface area contributed by atoms with Gasteiger partial charge in [-0.25, -0.2) is 0 Å². The molecule has 2 N–H and O–H groups in total. The molecule has 0 bridgehead atoms. The van der Waals surface area contributed by atoms with Crippen LogP contribution in [0.15, 0.2) is 11.8 Å². The summed E-state index contributed by atoms with van der Waals surface area (Å²) in [5.74, 6) is 0. The topological polar surface area (TPSA) is 26.0 Å². The zero-order valence-corrected chi connectivity index (χ0v) is 7.90. The summed E-state index contributed by atoms with van der Waals surface area (Å²) in [5, 5.41) is 0. The Bertz CT molecular complexity index is 105. The molecule has 0 heterocycles. The maximum atomic E-state index is 5.65. The lowest BCUT2D eigenvalue weighted by Crippen LogP contribution is -1.93. The molecule has 66 valence electrons. The lowest BCUT2D eigenvalue weighted by Gasteiger charge is -1.96. The summed E-state index contributed by atoms with van der Waals surface area (Å²) in [4.78, 5) is 0. The first-order valence-corrected chi connectivity index (χ1v) is 4.75. The third kappa shape index (κ3) is 7.44. The molecule has 0 aromatic heterocycles.